The second-order valence-corrected chi connectivity index (χ2v) is 7.43. The van der Waals surface area contributed by atoms with Crippen molar-refractivity contribution in [1.82, 2.24) is 9.55 Å². The summed E-state index contributed by atoms with van der Waals surface area (Å²) in [4.78, 5) is 28.4. The largest absolute Gasteiger partial charge is 0.326 e. The van der Waals surface area contributed by atoms with Crippen molar-refractivity contribution in [2.45, 2.75) is 32.3 Å². The van der Waals surface area contributed by atoms with Gasteiger partial charge in [0, 0.05) is 30.1 Å². The molecule has 1 N–H and O–H groups in total. The van der Waals surface area contributed by atoms with Crippen molar-refractivity contribution in [3.8, 4) is 5.69 Å². The predicted octanol–water partition coefficient (Wildman–Crippen LogP) is 4.81. The molecule has 3 rings (SSSR count). The maximum absolute atomic E-state index is 12.6. The number of hydrogen-bond donors (Lipinski definition) is 1. The third-order valence-electron chi connectivity index (χ3n) is 4.59. The smallest absolute Gasteiger partial charge is 0.224 e. The summed E-state index contributed by atoms with van der Waals surface area (Å²) in [7, 11) is 0. The van der Waals surface area contributed by atoms with E-state index in [4.69, 9.17) is 0 Å². The summed E-state index contributed by atoms with van der Waals surface area (Å²) < 4.78 is 2.02. The molecule has 2 aromatic carbocycles. The van der Waals surface area contributed by atoms with Crippen LogP contribution < -0.4 is 5.32 Å². The van der Waals surface area contributed by atoms with Gasteiger partial charge < -0.3 is 5.32 Å². The molecule has 0 aliphatic carbocycles. The van der Waals surface area contributed by atoms with Gasteiger partial charge in [-0.2, -0.15) is 0 Å². The number of carbonyl (C=O) groups is 2. The summed E-state index contributed by atoms with van der Waals surface area (Å²) >= 11 is 1.42. The molecule has 0 saturated carbocycles. The Morgan fingerprint density at radius 1 is 1.11 bits per heavy atom. The molecule has 0 spiro atoms. The molecule has 0 fully saturated rings. The summed E-state index contributed by atoms with van der Waals surface area (Å²) in [6.45, 7) is 5.97. The quantitative estimate of drug-likeness (QED) is 0.462. The molecule has 28 heavy (non-hydrogen) atoms. The van der Waals surface area contributed by atoms with Crippen molar-refractivity contribution in [3.63, 3.8) is 0 Å². The molecule has 6 heteroatoms. The van der Waals surface area contributed by atoms with Gasteiger partial charge in [0.05, 0.1) is 11.4 Å². The van der Waals surface area contributed by atoms with Crippen LogP contribution >= 0.6 is 11.8 Å². The van der Waals surface area contributed by atoms with Gasteiger partial charge in [-0.25, -0.2) is 4.98 Å². The first-order valence-electron chi connectivity index (χ1n) is 9.15. The first kappa shape index (κ1) is 19.9. The highest BCUT2D eigenvalue weighted by atomic mass is 32.2. The SMILES string of the molecule is CCC(=O)Nc1ccc(C(=O)CSc2nccn2-c2cccc(C)c2C)cc1. The topological polar surface area (TPSA) is 64.0 Å². The number of amides is 1. The Bertz CT molecular complexity index is 993. The normalized spacial score (nSPS) is 10.7. The van der Waals surface area contributed by atoms with Crippen LogP contribution in [0.1, 0.15) is 34.8 Å². The fraction of sp³-hybridized carbons (Fsp3) is 0.227. The van der Waals surface area contributed by atoms with E-state index in [1.54, 1.807) is 37.4 Å². The Labute approximate surface area is 169 Å². The van der Waals surface area contributed by atoms with Crippen LogP contribution in [0, 0.1) is 13.8 Å². The van der Waals surface area contributed by atoms with E-state index in [0.717, 1.165) is 10.8 Å². The number of Topliss-reactive ketones (excluding diaryl/α,β-unsaturated/α-hetero) is 1. The Morgan fingerprint density at radius 3 is 2.57 bits per heavy atom. The van der Waals surface area contributed by atoms with E-state index in [1.807, 2.05) is 16.8 Å². The zero-order chi connectivity index (χ0) is 20.1. The fourth-order valence-electron chi connectivity index (χ4n) is 2.78. The van der Waals surface area contributed by atoms with Crippen LogP contribution in [0.5, 0.6) is 0 Å². The highest BCUT2D eigenvalue weighted by Crippen LogP contribution is 2.25. The van der Waals surface area contributed by atoms with Gasteiger partial charge in [0.15, 0.2) is 10.9 Å². The second kappa shape index (κ2) is 8.89. The molecule has 0 saturated heterocycles. The zero-order valence-electron chi connectivity index (χ0n) is 16.2. The predicted molar refractivity (Wildman–Crippen MR) is 113 cm³/mol. The van der Waals surface area contributed by atoms with Crippen molar-refractivity contribution < 1.29 is 9.59 Å². The minimum Gasteiger partial charge on any atom is -0.326 e. The van der Waals surface area contributed by atoms with Gasteiger partial charge in [-0.05, 0) is 55.3 Å². The third kappa shape index (κ3) is 4.51. The van der Waals surface area contributed by atoms with Crippen molar-refractivity contribution in [1.29, 1.82) is 0 Å². The van der Waals surface area contributed by atoms with E-state index >= 15 is 0 Å². The van der Waals surface area contributed by atoms with Crippen molar-refractivity contribution >= 4 is 29.1 Å². The molecule has 1 amide bonds. The molecule has 144 valence electrons. The lowest BCUT2D eigenvalue weighted by atomic mass is 10.1. The molecule has 1 aromatic heterocycles. The number of anilines is 1. The van der Waals surface area contributed by atoms with E-state index in [-0.39, 0.29) is 11.7 Å². The number of nitrogens with zero attached hydrogens (tertiary/aromatic N) is 2. The average molecular weight is 394 g/mol. The lowest BCUT2D eigenvalue weighted by Crippen LogP contribution is -2.10. The van der Waals surface area contributed by atoms with E-state index in [1.165, 1.54) is 22.9 Å². The number of imidazole rings is 1. The molecule has 0 atom stereocenters. The number of benzene rings is 2. The maximum Gasteiger partial charge on any atom is 0.224 e. The van der Waals surface area contributed by atoms with Crippen LogP contribution in [0.4, 0.5) is 5.69 Å². The summed E-state index contributed by atoms with van der Waals surface area (Å²) in [5.41, 5.74) is 4.80. The summed E-state index contributed by atoms with van der Waals surface area (Å²) in [5, 5.41) is 3.56. The van der Waals surface area contributed by atoms with Gasteiger partial charge in [0.1, 0.15) is 0 Å². The van der Waals surface area contributed by atoms with E-state index in [0.29, 0.717) is 23.4 Å². The van der Waals surface area contributed by atoms with E-state index in [2.05, 4.69) is 36.3 Å². The van der Waals surface area contributed by atoms with Crippen LogP contribution in [-0.4, -0.2) is 27.0 Å². The average Bonchev–Trinajstić information content (AvgIpc) is 3.17. The fourth-order valence-corrected chi connectivity index (χ4v) is 3.64. The molecule has 0 unspecified atom stereocenters. The van der Waals surface area contributed by atoms with Crippen LogP contribution in [-0.2, 0) is 4.79 Å². The number of ketones is 1. The van der Waals surface area contributed by atoms with Crippen molar-refractivity contribution in [2.75, 3.05) is 11.1 Å². The lowest BCUT2D eigenvalue weighted by molar-refractivity contribution is -0.115. The van der Waals surface area contributed by atoms with Gasteiger partial charge in [-0.1, -0.05) is 30.8 Å². The monoisotopic (exact) mass is 393 g/mol. The first-order valence-corrected chi connectivity index (χ1v) is 10.1. The minimum absolute atomic E-state index is 0.0221. The van der Waals surface area contributed by atoms with Crippen molar-refractivity contribution in [2.24, 2.45) is 0 Å². The number of aryl methyl sites for hydroxylation is 1. The van der Waals surface area contributed by atoms with Gasteiger partial charge in [0.25, 0.3) is 0 Å². The number of hydrogen-bond acceptors (Lipinski definition) is 4. The molecule has 0 bridgehead atoms. The number of carbonyl (C=O) groups excluding carboxylic acids is 2. The number of nitrogens with one attached hydrogen (secondary N) is 1. The standard InChI is InChI=1S/C22H23N3O2S/c1-4-21(27)24-18-10-8-17(9-11-18)20(26)14-28-22-23-12-13-25(22)19-7-5-6-15(2)16(19)3/h5-13H,4,14H2,1-3H3,(H,24,27). The Balaban J connectivity index is 1.68. The summed E-state index contributed by atoms with van der Waals surface area (Å²) in [5.74, 6) is 0.268. The van der Waals surface area contributed by atoms with Crippen LogP contribution in [0.2, 0.25) is 0 Å². The molecule has 5 nitrogen and oxygen atoms in total. The molecule has 0 aliphatic heterocycles. The Kier molecular flexibility index (Phi) is 6.31. The zero-order valence-corrected chi connectivity index (χ0v) is 17.0. The van der Waals surface area contributed by atoms with E-state index < -0.39 is 0 Å². The Hall–Kier alpha value is -2.86. The van der Waals surface area contributed by atoms with Crippen LogP contribution in [0.15, 0.2) is 60.0 Å². The van der Waals surface area contributed by atoms with E-state index in [9.17, 15) is 9.59 Å². The summed E-state index contributed by atoms with van der Waals surface area (Å²) in [6, 6.07) is 13.1. The Morgan fingerprint density at radius 2 is 1.86 bits per heavy atom. The highest BCUT2D eigenvalue weighted by molar-refractivity contribution is 7.99. The maximum atomic E-state index is 12.6. The third-order valence-corrected chi connectivity index (χ3v) is 5.55. The first-order chi connectivity index (χ1) is 13.5. The number of rotatable bonds is 7. The minimum atomic E-state index is -0.0482. The van der Waals surface area contributed by atoms with Crippen molar-refractivity contribution in [3.05, 3.63) is 71.5 Å². The molecule has 3 aromatic rings. The molecular formula is C22H23N3O2S. The second-order valence-electron chi connectivity index (χ2n) is 6.49. The molecule has 0 radical (unpaired) electrons. The number of thioether (sulfide) groups is 1. The lowest BCUT2D eigenvalue weighted by Gasteiger charge is -2.12. The summed E-state index contributed by atoms with van der Waals surface area (Å²) in [6.07, 6.45) is 4.09. The van der Waals surface area contributed by atoms with Crippen LogP contribution in [0.3, 0.4) is 0 Å². The number of aromatic nitrogens is 2. The van der Waals surface area contributed by atoms with Gasteiger partial charge in [-0.15, -0.1) is 0 Å². The van der Waals surface area contributed by atoms with Gasteiger partial charge in [0.2, 0.25) is 5.91 Å². The molecule has 1 heterocycles. The highest BCUT2D eigenvalue weighted by Gasteiger charge is 2.13. The molecular weight excluding hydrogens is 370 g/mol. The van der Waals surface area contributed by atoms with Crippen LogP contribution in [0.25, 0.3) is 5.69 Å². The van der Waals surface area contributed by atoms with Gasteiger partial charge >= 0.3 is 0 Å². The molecule has 0 aliphatic rings. The van der Waals surface area contributed by atoms with Gasteiger partial charge in [-0.3, -0.25) is 14.2 Å².